The van der Waals surface area contributed by atoms with E-state index in [0.717, 1.165) is 0 Å². The number of nitro groups is 2. The van der Waals surface area contributed by atoms with E-state index in [1.54, 1.807) is 36.4 Å². The quantitative estimate of drug-likeness (QED) is 0.351. The van der Waals surface area contributed by atoms with Crippen LogP contribution in [0.4, 0.5) is 23.3 Å². The lowest BCUT2D eigenvalue weighted by atomic mass is 10.1. The van der Waals surface area contributed by atoms with Gasteiger partial charge < -0.3 is 11.5 Å². The normalized spacial score (nSPS) is 10.6. The number of nitro benzene ring substituents is 2. The maximum Gasteiger partial charge on any atom is 0.269 e. The average molecular weight is 430 g/mol. The summed E-state index contributed by atoms with van der Waals surface area (Å²) >= 11 is 0. The van der Waals surface area contributed by atoms with Crippen molar-refractivity contribution in [1.82, 2.24) is 19.9 Å². The monoisotopic (exact) mass is 430 g/mol. The number of benzene rings is 2. The lowest BCUT2D eigenvalue weighted by molar-refractivity contribution is -0.385. The summed E-state index contributed by atoms with van der Waals surface area (Å²) in [5.41, 5.74) is 14.5. The van der Waals surface area contributed by atoms with Gasteiger partial charge in [-0.15, -0.1) is 0 Å². The lowest BCUT2D eigenvalue weighted by Crippen LogP contribution is -2.03. The Balaban J connectivity index is 1.75. The van der Waals surface area contributed by atoms with Gasteiger partial charge in [0.2, 0.25) is 11.9 Å². The minimum Gasteiger partial charge on any atom is -0.368 e. The Kier molecular flexibility index (Phi) is 5.09. The van der Waals surface area contributed by atoms with Crippen molar-refractivity contribution in [2.75, 3.05) is 11.5 Å². The average Bonchev–Trinajstić information content (AvgIpc) is 2.78. The molecule has 0 amide bonds. The molecule has 0 saturated heterocycles. The summed E-state index contributed by atoms with van der Waals surface area (Å²) < 4.78 is 0. The molecule has 0 saturated carbocycles. The topological polar surface area (TPSA) is 190 Å². The van der Waals surface area contributed by atoms with Gasteiger partial charge in [0.15, 0.2) is 0 Å². The molecular weight excluding hydrogens is 416 g/mol. The van der Waals surface area contributed by atoms with Crippen molar-refractivity contribution in [3.63, 3.8) is 0 Å². The van der Waals surface area contributed by atoms with Crippen molar-refractivity contribution >= 4 is 23.3 Å². The highest BCUT2D eigenvalue weighted by molar-refractivity contribution is 5.72. The molecule has 0 spiro atoms. The first kappa shape index (κ1) is 20.3. The van der Waals surface area contributed by atoms with Gasteiger partial charge in [-0.2, -0.15) is 0 Å². The van der Waals surface area contributed by atoms with E-state index in [1.807, 2.05) is 0 Å². The van der Waals surface area contributed by atoms with Crippen molar-refractivity contribution in [2.45, 2.75) is 0 Å². The predicted octanol–water partition coefficient (Wildman–Crippen LogP) is 3.25. The molecule has 12 nitrogen and oxygen atoms in total. The number of non-ortho nitro benzene ring substituents is 2. The van der Waals surface area contributed by atoms with Crippen molar-refractivity contribution in [1.29, 1.82) is 0 Å². The van der Waals surface area contributed by atoms with E-state index >= 15 is 0 Å². The first-order chi connectivity index (χ1) is 15.3. The Bertz CT molecular complexity index is 1240. The van der Waals surface area contributed by atoms with Crippen LogP contribution in [0, 0.1) is 20.2 Å². The molecule has 0 aliphatic rings. The fourth-order valence-electron chi connectivity index (χ4n) is 3.00. The Morgan fingerprint density at radius 2 is 0.875 bits per heavy atom. The Morgan fingerprint density at radius 3 is 1.19 bits per heavy atom. The third-order valence-corrected chi connectivity index (χ3v) is 4.50. The summed E-state index contributed by atoms with van der Waals surface area (Å²) in [5, 5.41) is 21.8. The van der Waals surface area contributed by atoms with E-state index in [-0.39, 0.29) is 23.3 Å². The van der Waals surface area contributed by atoms with Gasteiger partial charge >= 0.3 is 0 Å². The predicted molar refractivity (Wildman–Crippen MR) is 116 cm³/mol. The molecule has 32 heavy (non-hydrogen) atoms. The standard InChI is InChI=1S/C20H14N8O4/c21-19-23-15(11-1-5-13(6-2-11)27(29)30)9-17(25-19)18-10-16(24-20(22)26-18)12-3-7-14(8-4-12)28(31)32/h1-10H,(H2,21,23,25)(H2,22,24,26). The highest BCUT2D eigenvalue weighted by atomic mass is 16.6. The van der Waals surface area contributed by atoms with Gasteiger partial charge in [-0.05, 0) is 36.4 Å². The van der Waals surface area contributed by atoms with Gasteiger partial charge in [-0.3, -0.25) is 20.2 Å². The second-order valence-corrected chi connectivity index (χ2v) is 6.60. The molecule has 4 rings (SSSR count). The van der Waals surface area contributed by atoms with E-state index in [9.17, 15) is 20.2 Å². The highest BCUT2D eigenvalue weighted by Gasteiger charge is 2.14. The van der Waals surface area contributed by atoms with Crippen LogP contribution < -0.4 is 11.5 Å². The van der Waals surface area contributed by atoms with Gasteiger partial charge in [0.05, 0.1) is 32.6 Å². The molecule has 0 atom stereocenters. The number of hydrogen-bond donors (Lipinski definition) is 2. The van der Waals surface area contributed by atoms with Gasteiger partial charge in [0.1, 0.15) is 0 Å². The summed E-state index contributed by atoms with van der Waals surface area (Å²) in [6, 6.07) is 14.9. The van der Waals surface area contributed by atoms with Crippen LogP contribution in [-0.2, 0) is 0 Å². The highest BCUT2D eigenvalue weighted by Crippen LogP contribution is 2.28. The zero-order chi connectivity index (χ0) is 22.8. The fourth-order valence-corrected chi connectivity index (χ4v) is 3.00. The van der Waals surface area contributed by atoms with Crippen LogP contribution in [0.15, 0.2) is 60.7 Å². The summed E-state index contributed by atoms with van der Waals surface area (Å²) in [6.07, 6.45) is 0. The lowest BCUT2D eigenvalue weighted by Gasteiger charge is -2.08. The molecule has 158 valence electrons. The minimum atomic E-state index is -0.493. The van der Waals surface area contributed by atoms with Crippen molar-refractivity contribution in [3.05, 3.63) is 80.9 Å². The van der Waals surface area contributed by atoms with E-state index in [2.05, 4.69) is 19.9 Å². The van der Waals surface area contributed by atoms with Crippen LogP contribution in [-0.4, -0.2) is 29.8 Å². The Morgan fingerprint density at radius 1 is 0.562 bits per heavy atom. The number of nitrogens with two attached hydrogens (primary N) is 2. The molecule has 4 N–H and O–H groups in total. The first-order valence-electron chi connectivity index (χ1n) is 9.09. The molecule has 4 aromatic rings. The molecule has 0 aliphatic heterocycles. The molecule has 0 radical (unpaired) electrons. The summed E-state index contributed by atoms with van der Waals surface area (Å²) in [4.78, 5) is 37.6. The fraction of sp³-hybridized carbons (Fsp3) is 0. The minimum absolute atomic E-state index is 0.0232. The van der Waals surface area contributed by atoms with Crippen molar-refractivity contribution in [2.24, 2.45) is 0 Å². The Labute approximate surface area is 179 Å². The second-order valence-electron chi connectivity index (χ2n) is 6.60. The number of anilines is 2. The summed E-state index contributed by atoms with van der Waals surface area (Å²) in [7, 11) is 0. The van der Waals surface area contributed by atoms with E-state index in [4.69, 9.17) is 11.5 Å². The zero-order valence-electron chi connectivity index (χ0n) is 16.2. The molecule has 0 fully saturated rings. The van der Waals surface area contributed by atoms with Crippen LogP contribution >= 0.6 is 0 Å². The third kappa shape index (κ3) is 4.14. The van der Waals surface area contributed by atoms with Gasteiger partial charge in [-0.1, -0.05) is 0 Å². The zero-order valence-corrected chi connectivity index (χ0v) is 16.2. The Hall–Kier alpha value is -5.00. The number of nitrogens with zero attached hydrogens (tertiary/aromatic N) is 6. The van der Waals surface area contributed by atoms with Gasteiger partial charge in [-0.25, -0.2) is 19.9 Å². The third-order valence-electron chi connectivity index (χ3n) is 4.50. The molecule has 0 unspecified atom stereocenters. The van der Waals surface area contributed by atoms with Crippen molar-refractivity contribution < 1.29 is 9.85 Å². The second kappa shape index (κ2) is 8.02. The molecule has 12 heteroatoms. The smallest absolute Gasteiger partial charge is 0.269 e. The van der Waals surface area contributed by atoms with Crippen molar-refractivity contribution in [3.8, 4) is 33.9 Å². The molecule has 0 bridgehead atoms. The number of rotatable bonds is 5. The molecule has 2 heterocycles. The van der Waals surface area contributed by atoms with Gasteiger partial charge in [0, 0.05) is 35.4 Å². The van der Waals surface area contributed by atoms with E-state index < -0.39 is 9.85 Å². The van der Waals surface area contributed by atoms with Crippen LogP contribution in [0.3, 0.4) is 0 Å². The van der Waals surface area contributed by atoms with Crippen LogP contribution in [0.25, 0.3) is 33.9 Å². The molecular formula is C20H14N8O4. The summed E-state index contributed by atoms with van der Waals surface area (Å²) in [5.74, 6) is -0.0464. The van der Waals surface area contributed by atoms with Crippen LogP contribution in [0.5, 0.6) is 0 Å². The maximum absolute atomic E-state index is 10.9. The number of hydrogen-bond acceptors (Lipinski definition) is 10. The molecule has 2 aromatic carbocycles. The number of nitrogen functional groups attached to an aromatic ring is 2. The largest absolute Gasteiger partial charge is 0.368 e. The maximum atomic E-state index is 10.9. The summed E-state index contributed by atoms with van der Waals surface area (Å²) in [6.45, 7) is 0. The number of aromatic nitrogens is 4. The first-order valence-corrected chi connectivity index (χ1v) is 9.09. The van der Waals surface area contributed by atoms with Gasteiger partial charge in [0.25, 0.3) is 11.4 Å². The van der Waals surface area contributed by atoms with E-state index in [0.29, 0.717) is 33.9 Å². The SMILES string of the molecule is Nc1nc(-c2ccc([N+](=O)[O-])cc2)cc(-c2cc(-c3ccc([N+](=O)[O-])cc3)nc(N)n2)n1. The van der Waals surface area contributed by atoms with Crippen LogP contribution in [0.2, 0.25) is 0 Å². The van der Waals surface area contributed by atoms with Crippen LogP contribution in [0.1, 0.15) is 0 Å². The molecule has 0 aliphatic carbocycles. The van der Waals surface area contributed by atoms with E-state index in [1.165, 1.54) is 24.3 Å². The molecule has 2 aromatic heterocycles.